The number of nitrogens with one attached hydrogen (secondary N) is 2. The van der Waals surface area contributed by atoms with Crippen molar-refractivity contribution in [2.24, 2.45) is 0 Å². The highest BCUT2D eigenvalue weighted by Crippen LogP contribution is 1.98. The Hall–Kier alpha value is -1.11. The Kier molecular flexibility index (Phi) is 2.08. The van der Waals surface area contributed by atoms with Gasteiger partial charge in [-0.05, 0) is 6.08 Å². The summed E-state index contributed by atoms with van der Waals surface area (Å²) in [5.74, 6) is -1.22. The molecule has 0 aliphatic carbocycles. The van der Waals surface area contributed by atoms with Gasteiger partial charge in [0.2, 0.25) is 0 Å². The molecule has 6 nitrogen and oxygen atoms in total. The summed E-state index contributed by atoms with van der Waals surface area (Å²) in [5, 5.41) is 30.5. The fourth-order valence-electron chi connectivity index (χ4n) is 0.738. The van der Waals surface area contributed by atoms with Gasteiger partial charge in [0.15, 0.2) is 6.35 Å². The topological polar surface area (TPSA) is 102 Å². The predicted molar refractivity (Wildman–Crippen MR) is 34.0 cm³/mol. The number of hydrogen-bond acceptors (Lipinski definition) is 5. The molecule has 0 amide bonds. The van der Waals surface area contributed by atoms with Gasteiger partial charge in [0.25, 0.3) is 0 Å². The molecule has 62 valence electrons. The van der Waals surface area contributed by atoms with Crippen molar-refractivity contribution in [1.29, 1.82) is 0 Å². The van der Waals surface area contributed by atoms with Gasteiger partial charge in [-0.1, -0.05) is 0 Å². The van der Waals surface area contributed by atoms with Crippen LogP contribution >= 0.6 is 0 Å². The van der Waals surface area contributed by atoms with Gasteiger partial charge >= 0.3 is 5.97 Å². The maximum absolute atomic E-state index is 10.3. The molecule has 2 atom stereocenters. The fourth-order valence-corrected chi connectivity index (χ4v) is 0.738. The van der Waals surface area contributed by atoms with Gasteiger partial charge in [-0.15, -0.1) is 0 Å². The van der Waals surface area contributed by atoms with Crippen LogP contribution in [0.25, 0.3) is 0 Å². The van der Waals surface area contributed by atoms with Crippen LogP contribution in [0.1, 0.15) is 0 Å². The van der Waals surface area contributed by atoms with E-state index in [0.29, 0.717) is 0 Å². The van der Waals surface area contributed by atoms with Crippen molar-refractivity contribution in [3.05, 3.63) is 11.8 Å². The Bertz CT molecular complexity index is 203. The molecule has 0 radical (unpaired) electrons. The van der Waals surface area contributed by atoms with Crippen molar-refractivity contribution in [2.75, 3.05) is 0 Å². The lowest BCUT2D eigenvalue weighted by molar-refractivity contribution is -0.134. The monoisotopic (exact) mass is 160 g/mol. The third kappa shape index (κ3) is 1.90. The Morgan fingerprint density at radius 3 is 2.64 bits per heavy atom. The Morgan fingerprint density at radius 1 is 1.55 bits per heavy atom. The van der Waals surface area contributed by atoms with E-state index in [1.165, 1.54) is 0 Å². The first-order valence-corrected chi connectivity index (χ1v) is 2.93. The Labute approximate surface area is 62.1 Å². The molecule has 0 fully saturated rings. The van der Waals surface area contributed by atoms with Crippen LogP contribution in [-0.4, -0.2) is 33.9 Å². The summed E-state index contributed by atoms with van der Waals surface area (Å²) < 4.78 is 0. The maximum atomic E-state index is 10.3. The van der Waals surface area contributed by atoms with Gasteiger partial charge in [0.1, 0.15) is 11.9 Å². The number of carboxylic acids is 1. The van der Waals surface area contributed by atoms with Crippen molar-refractivity contribution in [2.45, 2.75) is 12.6 Å². The molecule has 1 aliphatic heterocycles. The van der Waals surface area contributed by atoms with Crippen molar-refractivity contribution < 1.29 is 20.1 Å². The second-order valence-electron chi connectivity index (χ2n) is 2.04. The van der Waals surface area contributed by atoms with E-state index < -0.39 is 18.5 Å². The molecule has 0 saturated heterocycles. The molecule has 5 N–H and O–H groups in total. The zero-order valence-corrected chi connectivity index (χ0v) is 5.48. The Balaban J connectivity index is 2.72. The van der Waals surface area contributed by atoms with Gasteiger partial charge in [0.05, 0.1) is 0 Å². The zero-order chi connectivity index (χ0) is 8.43. The fraction of sp³-hybridized carbons (Fsp3) is 0.400. The van der Waals surface area contributed by atoms with Gasteiger partial charge in [-0.25, -0.2) is 10.1 Å². The number of aliphatic hydroxyl groups is 2. The molecule has 0 aromatic rings. The number of carbonyl (C=O) groups is 1. The van der Waals surface area contributed by atoms with Crippen LogP contribution in [0.3, 0.4) is 0 Å². The van der Waals surface area contributed by atoms with Crippen LogP contribution in [0.15, 0.2) is 11.8 Å². The van der Waals surface area contributed by atoms with Crippen molar-refractivity contribution in [3.8, 4) is 0 Å². The van der Waals surface area contributed by atoms with E-state index in [1.54, 1.807) is 0 Å². The molecule has 0 saturated carbocycles. The van der Waals surface area contributed by atoms with Crippen LogP contribution < -0.4 is 10.6 Å². The van der Waals surface area contributed by atoms with E-state index in [9.17, 15) is 4.79 Å². The van der Waals surface area contributed by atoms with E-state index in [2.05, 4.69) is 10.6 Å². The highest BCUT2D eigenvalue weighted by molar-refractivity contribution is 5.86. The lowest BCUT2D eigenvalue weighted by Gasteiger charge is -2.23. The first kappa shape index (κ1) is 7.99. The summed E-state index contributed by atoms with van der Waals surface area (Å²) >= 11 is 0. The van der Waals surface area contributed by atoms with Crippen molar-refractivity contribution >= 4 is 5.97 Å². The quantitative estimate of drug-likeness (QED) is 0.297. The second kappa shape index (κ2) is 2.87. The van der Waals surface area contributed by atoms with Gasteiger partial charge < -0.3 is 20.6 Å². The zero-order valence-electron chi connectivity index (χ0n) is 5.48. The van der Waals surface area contributed by atoms with Crippen LogP contribution in [0.5, 0.6) is 0 Å². The maximum Gasteiger partial charge on any atom is 0.351 e. The summed E-state index contributed by atoms with van der Waals surface area (Å²) in [5.41, 5.74) is -0.219. The molecule has 0 aromatic heterocycles. The number of carboxylic acid groups (broad SMARTS) is 1. The van der Waals surface area contributed by atoms with E-state index in [0.717, 1.165) is 6.08 Å². The number of hydrogen-bond donors (Lipinski definition) is 5. The van der Waals surface area contributed by atoms with Crippen molar-refractivity contribution in [1.82, 2.24) is 10.6 Å². The van der Waals surface area contributed by atoms with Crippen LogP contribution in [-0.2, 0) is 4.79 Å². The average molecular weight is 160 g/mol. The molecular weight excluding hydrogens is 152 g/mol. The molecule has 1 heterocycles. The van der Waals surface area contributed by atoms with Crippen molar-refractivity contribution in [3.63, 3.8) is 0 Å². The molecule has 0 bridgehead atoms. The van der Waals surface area contributed by atoms with E-state index in [-0.39, 0.29) is 5.70 Å². The lowest BCUT2D eigenvalue weighted by Crippen LogP contribution is -2.51. The van der Waals surface area contributed by atoms with Crippen LogP contribution in [0.4, 0.5) is 0 Å². The molecule has 0 spiro atoms. The lowest BCUT2D eigenvalue weighted by atomic mass is 10.3. The molecule has 1 rings (SSSR count). The number of rotatable bonds is 1. The first-order valence-electron chi connectivity index (χ1n) is 2.93. The normalized spacial score (nSPS) is 30.5. The minimum absolute atomic E-state index is 0.219. The summed E-state index contributed by atoms with van der Waals surface area (Å²) in [7, 11) is 0. The number of aliphatic carboxylic acids is 1. The highest BCUT2D eigenvalue weighted by atomic mass is 16.4. The summed E-state index contributed by atoms with van der Waals surface area (Å²) in [6.07, 6.45) is -1.30. The van der Waals surface area contributed by atoms with E-state index >= 15 is 0 Å². The third-order valence-electron chi connectivity index (χ3n) is 1.18. The molecule has 6 heteroatoms. The molecule has 11 heavy (non-hydrogen) atoms. The van der Waals surface area contributed by atoms with Crippen LogP contribution in [0, 0.1) is 0 Å². The van der Waals surface area contributed by atoms with Gasteiger partial charge in [0, 0.05) is 0 Å². The predicted octanol–water partition coefficient (Wildman–Crippen LogP) is -2.26. The SMILES string of the molecule is O=C(O)C1=CC(O)NC(O)N1. The third-order valence-corrected chi connectivity index (χ3v) is 1.18. The highest BCUT2D eigenvalue weighted by Gasteiger charge is 2.20. The molecule has 2 unspecified atom stereocenters. The smallest absolute Gasteiger partial charge is 0.351 e. The first-order chi connectivity index (χ1) is 5.09. The van der Waals surface area contributed by atoms with Crippen LogP contribution in [0.2, 0.25) is 0 Å². The largest absolute Gasteiger partial charge is 0.477 e. The Morgan fingerprint density at radius 2 is 2.18 bits per heavy atom. The minimum atomic E-state index is -1.22. The average Bonchev–Trinajstić information content (AvgIpc) is 1.85. The van der Waals surface area contributed by atoms with E-state index in [1.807, 2.05) is 0 Å². The van der Waals surface area contributed by atoms with Gasteiger partial charge in [-0.3, -0.25) is 0 Å². The van der Waals surface area contributed by atoms with Gasteiger partial charge in [-0.2, -0.15) is 0 Å². The summed E-state index contributed by atoms with van der Waals surface area (Å²) in [6.45, 7) is 0. The molecular formula is C5H8N2O4. The number of aliphatic hydroxyl groups excluding tert-OH is 2. The summed E-state index contributed by atoms with van der Waals surface area (Å²) in [4.78, 5) is 10.3. The molecule has 0 aromatic carbocycles. The minimum Gasteiger partial charge on any atom is -0.477 e. The van der Waals surface area contributed by atoms with E-state index in [4.69, 9.17) is 15.3 Å². The molecule has 1 aliphatic rings. The standard InChI is InChI=1S/C5H8N2O4/c8-3-1-2(4(9)10)6-5(11)7-3/h1,3,5-8,11H,(H,9,10). The second-order valence-corrected chi connectivity index (χ2v) is 2.04. The summed E-state index contributed by atoms with van der Waals surface area (Å²) in [6, 6.07) is 0.